The number of nitrogens with zero attached hydrogens (tertiary/aromatic N) is 2. The van der Waals surface area contributed by atoms with Gasteiger partial charge in [0.15, 0.2) is 0 Å². The lowest BCUT2D eigenvalue weighted by molar-refractivity contribution is 0.176. The highest BCUT2D eigenvalue weighted by atomic mass is 19.1. The van der Waals surface area contributed by atoms with E-state index in [0.29, 0.717) is 18.0 Å². The highest BCUT2D eigenvalue weighted by Gasteiger charge is 2.12. The van der Waals surface area contributed by atoms with Crippen LogP contribution < -0.4 is 0 Å². The molecule has 0 fully saturated rings. The fraction of sp³-hybridized carbons (Fsp3) is 0.400. The van der Waals surface area contributed by atoms with Crippen LogP contribution in [-0.2, 0) is 6.42 Å². The molecule has 2 aromatic rings. The molecule has 1 aromatic heterocycles. The number of halogens is 1. The first-order valence-electron chi connectivity index (χ1n) is 6.45. The van der Waals surface area contributed by atoms with Gasteiger partial charge in [-0.25, -0.2) is 4.39 Å². The summed E-state index contributed by atoms with van der Waals surface area (Å²) in [5.74, 6) is -0.318. The number of hydrogen-bond acceptors (Lipinski definition) is 2. The molecule has 2 rings (SSSR count). The minimum Gasteiger partial charge on any atom is -0.388 e. The second-order valence-corrected chi connectivity index (χ2v) is 5.16. The highest BCUT2D eigenvalue weighted by molar-refractivity contribution is 5.26. The summed E-state index contributed by atoms with van der Waals surface area (Å²) in [4.78, 5) is 0. The van der Waals surface area contributed by atoms with Gasteiger partial charge in [0, 0.05) is 18.7 Å². The van der Waals surface area contributed by atoms with Crippen molar-refractivity contribution in [3.8, 4) is 0 Å². The molecule has 0 bridgehead atoms. The van der Waals surface area contributed by atoms with Crippen molar-refractivity contribution in [2.24, 2.45) is 0 Å². The Hall–Kier alpha value is -1.68. The minimum atomic E-state index is -0.732. The van der Waals surface area contributed by atoms with E-state index in [-0.39, 0.29) is 5.82 Å². The summed E-state index contributed by atoms with van der Waals surface area (Å²) in [6.07, 6.45) is 1.55. The van der Waals surface area contributed by atoms with Crippen LogP contribution in [0.5, 0.6) is 0 Å². The van der Waals surface area contributed by atoms with Gasteiger partial charge in [0.1, 0.15) is 5.82 Å². The van der Waals surface area contributed by atoms with Gasteiger partial charge in [0.2, 0.25) is 0 Å². The second kappa shape index (κ2) is 5.53. The molecule has 1 aromatic carbocycles. The van der Waals surface area contributed by atoms with Crippen molar-refractivity contribution in [3.05, 3.63) is 53.1 Å². The molecule has 1 heterocycles. The lowest BCUT2D eigenvalue weighted by atomic mass is 10.0. The van der Waals surface area contributed by atoms with E-state index in [1.54, 1.807) is 6.07 Å². The van der Waals surface area contributed by atoms with Crippen LogP contribution in [0.1, 0.15) is 42.8 Å². The maximum Gasteiger partial charge on any atom is 0.123 e. The van der Waals surface area contributed by atoms with Crippen LogP contribution in [0.3, 0.4) is 0 Å². The van der Waals surface area contributed by atoms with Crippen LogP contribution in [0.2, 0.25) is 0 Å². The standard InChI is InChI=1S/C15H19FN2O/c1-10(2)18-5-4-14(17-18)9-15(19)12-6-11(3)7-13(16)8-12/h4-8,10,15,19H,9H2,1-3H3. The normalized spacial score (nSPS) is 12.9. The second-order valence-electron chi connectivity index (χ2n) is 5.16. The molecular formula is C15H19FN2O. The topological polar surface area (TPSA) is 38.0 Å². The van der Waals surface area contributed by atoms with Crippen molar-refractivity contribution in [1.29, 1.82) is 0 Å². The first-order chi connectivity index (χ1) is 8.95. The maximum absolute atomic E-state index is 13.3. The van der Waals surface area contributed by atoms with Crippen LogP contribution in [0, 0.1) is 12.7 Å². The summed E-state index contributed by atoms with van der Waals surface area (Å²) < 4.78 is 15.2. The van der Waals surface area contributed by atoms with Crippen LogP contribution in [0.4, 0.5) is 4.39 Å². The van der Waals surface area contributed by atoms with Gasteiger partial charge in [0.25, 0.3) is 0 Å². The summed E-state index contributed by atoms with van der Waals surface area (Å²) >= 11 is 0. The third kappa shape index (κ3) is 3.41. The zero-order chi connectivity index (χ0) is 14.0. The van der Waals surface area contributed by atoms with Crippen molar-refractivity contribution >= 4 is 0 Å². The van der Waals surface area contributed by atoms with E-state index in [9.17, 15) is 9.50 Å². The first-order valence-corrected chi connectivity index (χ1v) is 6.45. The SMILES string of the molecule is Cc1cc(F)cc(C(O)Cc2ccn(C(C)C)n2)c1. The van der Waals surface area contributed by atoms with Crippen molar-refractivity contribution < 1.29 is 9.50 Å². The molecule has 0 saturated heterocycles. The summed E-state index contributed by atoms with van der Waals surface area (Å²) in [6, 6.07) is 6.80. The number of aryl methyl sites for hydroxylation is 1. The van der Waals surface area contributed by atoms with Gasteiger partial charge in [-0.2, -0.15) is 5.10 Å². The van der Waals surface area contributed by atoms with E-state index in [1.165, 1.54) is 12.1 Å². The van der Waals surface area contributed by atoms with Gasteiger partial charge >= 0.3 is 0 Å². The van der Waals surface area contributed by atoms with Gasteiger partial charge in [-0.3, -0.25) is 4.68 Å². The fourth-order valence-corrected chi connectivity index (χ4v) is 2.05. The van der Waals surface area contributed by atoms with Crippen molar-refractivity contribution in [2.45, 2.75) is 39.3 Å². The van der Waals surface area contributed by atoms with Crippen LogP contribution in [-0.4, -0.2) is 14.9 Å². The number of aromatic nitrogens is 2. The zero-order valence-electron chi connectivity index (χ0n) is 11.5. The Morgan fingerprint density at radius 1 is 1.32 bits per heavy atom. The molecule has 0 aliphatic heterocycles. The molecule has 0 amide bonds. The molecule has 3 nitrogen and oxygen atoms in total. The lowest BCUT2D eigenvalue weighted by Gasteiger charge is -2.11. The number of hydrogen-bond donors (Lipinski definition) is 1. The largest absolute Gasteiger partial charge is 0.388 e. The van der Waals surface area contributed by atoms with E-state index in [1.807, 2.05) is 37.7 Å². The van der Waals surface area contributed by atoms with Crippen LogP contribution in [0.25, 0.3) is 0 Å². The molecule has 0 spiro atoms. The first kappa shape index (κ1) is 13.7. The number of rotatable bonds is 4. The van der Waals surface area contributed by atoms with Crippen LogP contribution >= 0.6 is 0 Å². The van der Waals surface area contributed by atoms with Gasteiger partial charge in [-0.15, -0.1) is 0 Å². The Kier molecular flexibility index (Phi) is 4.00. The summed E-state index contributed by atoms with van der Waals surface area (Å²) in [5, 5.41) is 14.5. The summed E-state index contributed by atoms with van der Waals surface area (Å²) in [7, 11) is 0. The smallest absolute Gasteiger partial charge is 0.123 e. The van der Waals surface area contributed by atoms with Crippen molar-refractivity contribution in [1.82, 2.24) is 9.78 Å². The summed E-state index contributed by atoms with van der Waals surface area (Å²) in [5.41, 5.74) is 2.21. The maximum atomic E-state index is 13.3. The average molecular weight is 262 g/mol. The Morgan fingerprint density at radius 2 is 2.05 bits per heavy atom. The Balaban J connectivity index is 2.13. The third-order valence-corrected chi connectivity index (χ3v) is 3.04. The molecule has 19 heavy (non-hydrogen) atoms. The van der Waals surface area contributed by atoms with Crippen molar-refractivity contribution in [3.63, 3.8) is 0 Å². The molecule has 0 saturated carbocycles. The van der Waals surface area contributed by atoms with E-state index >= 15 is 0 Å². The molecule has 1 atom stereocenters. The number of aliphatic hydroxyl groups is 1. The average Bonchev–Trinajstić information content (AvgIpc) is 2.76. The van der Waals surface area contributed by atoms with Gasteiger partial charge in [-0.1, -0.05) is 6.07 Å². The van der Waals surface area contributed by atoms with Crippen LogP contribution in [0.15, 0.2) is 30.5 Å². The molecule has 0 aliphatic rings. The molecule has 4 heteroatoms. The quantitative estimate of drug-likeness (QED) is 0.919. The number of aliphatic hydroxyl groups excluding tert-OH is 1. The molecule has 1 N–H and O–H groups in total. The summed E-state index contributed by atoms with van der Waals surface area (Å²) in [6.45, 7) is 5.90. The monoisotopic (exact) mass is 262 g/mol. The van der Waals surface area contributed by atoms with E-state index in [4.69, 9.17) is 0 Å². The number of benzene rings is 1. The fourth-order valence-electron chi connectivity index (χ4n) is 2.05. The molecule has 1 unspecified atom stereocenters. The lowest BCUT2D eigenvalue weighted by Crippen LogP contribution is -2.06. The predicted molar refractivity (Wildman–Crippen MR) is 72.4 cm³/mol. The molecule has 0 aliphatic carbocycles. The Labute approximate surface area is 112 Å². The third-order valence-electron chi connectivity index (χ3n) is 3.04. The highest BCUT2D eigenvalue weighted by Crippen LogP contribution is 2.20. The minimum absolute atomic E-state index is 0.294. The van der Waals surface area contributed by atoms with E-state index in [0.717, 1.165) is 11.3 Å². The predicted octanol–water partition coefficient (Wildman–Crippen LogP) is 3.19. The molecule has 102 valence electrons. The van der Waals surface area contributed by atoms with Gasteiger partial charge in [0.05, 0.1) is 11.8 Å². The Bertz CT molecular complexity index is 543. The molecule has 0 radical (unpaired) electrons. The van der Waals surface area contributed by atoms with Gasteiger partial charge < -0.3 is 5.11 Å². The molecular weight excluding hydrogens is 243 g/mol. The van der Waals surface area contributed by atoms with E-state index < -0.39 is 6.10 Å². The zero-order valence-corrected chi connectivity index (χ0v) is 11.5. The Morgan fingerprint density at radius 3 is 2.63 bits per heavy atom. The van der Waals surface area contributed by atoms with E-state index in [2.05, 4.69) is 5.10 Å². The van der Waals surface area contributed by atoms with Crippen molar-refractivity contribution in [2.75, 3.05) is 0 Å². The van der Waals surface area contributed by atoms with Gasteiger partial charge in [-0.05, 0) is 50.1 Å².